The predicted octanol–water partition coefficient (Wildman–Crippen LogP) is 4.70. The lowest BCUT2D eigenvalue weighted by molar-refractivity contribution is 0.102. The van der Waals surface area contributed by atoms with Crippen molar-refractivity contribution >= 4 is 38.9 Å². The molecule has 0 aliphatic rings. The van der Waals surface area contributed by atoms with Crippen molar-refractivity contribution in [3.8, 4) is 0 Å². The van der Waals surface area contributed by atoms with E-state index in [1.807, 2.05) is 25.1 Å². The number of carbonyl (C=O) groups excluding carboxylic acids is 1. The van der Waals surface area contributed by atoms with Gasteiger partial charge in [0.15, 0.2) is 0 Å². The summed E-state index contributed by atoms with van der Waals surface area (Å²) in [4.78, 5) is 12.7. The number of nitrogens with one attached hydrogen (secondary N) is 2. The van der Waals surface area contributed by atoms with Crippen molar-refractivity contribution in [2.24, 2.45) is 0 Å². The zero-order valence-electron chi connectivity index (χ0n) is 14.4. The van der Waals surface area contributed by atoms with Gasteiger partial charge in [0, 0.05) is 10.7 Å². The van der Waals surface area contributed by atoms with Gasteiger partial charge >= 0.3 is 0 Å². The molecule has 0 aromatic heterocycles. The van der Waals surface area contributed by atoms with Gasteiger partial charge in [-0.15, -0.1) is 0 Å². The second-order valence-corrected chi connectivity index (χ2v) is 8.05. The number of aryl methyl sites for hydroxylation is 1. The molecule has 3 aromatic rings. The van der Waals surface area contributed by atoms with Gasteiger partial charge in [-0.1, -0.05) is 35.9 Å². The van der Waals surface area contributed by atoms with Crippen LogP contribution in [0, 0.1) is 6.92 Å². The van der Waals surface area contributed by atoms with Crippen LogP contribution in [0.4, 0.5) is 11.4 Å². The van der Waals surface area contributed by atoms with E-state index in [0.29, 0.717) is 10.7 Å². The molecule has 0 saturated heterocycles. The molecule has 3 aromatic carbocycles. The standard InChI is InChI=1S/C20H17ClN2O3S/c1-14-5-4-6-16(13-14)22-20(24)18-7-2-3-8-19(18)23-27(25,26)17-11-9-15(21)10-12-17/h2-13,23H,1H3,(H,22,24). The maximum absolute atomic E-state index is 12.6. The number of carbonyl (C=O) groups is 1. The van der Waals surface area contributed by atoms with Crippen LogP contribution in [0.2, 0.25) is 5.02 Å². The first-order chi connectivity index (χ1) is 12.8. The number of amides is 1. The molecular formula is C20H17ClN2O3S. The van der Waals surface area contributed by atoms with E-state index < -0.39 is 15.9 Å². The quantitative estimate of drug-likeness (QED) is 0.651. The molecule has 2 N–H and O–H groups in total. The number of benzene rings is 3. The molecule has 138 valence electrons. The third-order valence-corrected chi connectivity index (χ3v) is 5.45. The summed E-state index contributed by atoms with van der Waals surface area (Å²) >= 11 is 5.81. The first kappa shape index (κ1) is 18.9. The maximum Gasteiger partial charge on any atom is 0.261 e. The number of anilines is 2. The van der Waals surface area contributed by atoms with E-state index in [0.717, 1.165) is 5.56 Å². The van der Waals surface area contributed by atoms with Crippen molar-refractivity contribution in [3.63, 3.8) is 0 Å². The lowest BCUT2D eigenvalue weighted by Crippen LogP contribution is -2.18. The third kappa shape index (κ3) is 4.67. The fourth-order valence-corrected chi connectivity index (χ4v) is 3.71. The highest BCUT2D eigenvalue weighted by molar-refractivity contribution is 7.92. The number of rotatable bonds is 5. The van der Waals surface area contributed by atoms with Crippen LogP contribution in [-0.4, -0.2) is 14.3 Å². The third-order valence-electron chi connectivity index (χ3n) is 3.82. The van der Waals surface area contributed by atoms with Crippen LogP contribution >= 0.6 is 11.6 Å². The van der Waals surface area contributed by atoms with Gasteiger partial charge in [-0.25, -0.2) is 8.42 Å². The van der Waals surface area contributed by atoms with Crippen molar-refractivity contribution in [1.82, 2.24) is 0 Å². The largest absolute Gasteiger partial charge is 0.322 e. The Labute approximate surface area is 163 Å². The molecule has 0 aliphatic carbocycles. The second-order valence-electron chi connectivity index (χ2n) is 5.93. The van der Waals surface area contributed by atoms with Gasteiger partial charge in [-0.3, -0.25) is 9.52 Å². The Morgan fingerprint density at radius 3 is 2.33 bits per heavy atom. The van der Waals surface area contributed by atoms with Gasteiger partial charge < -0.3 is 5.32 Å². The monoisotopic (exact) mass is 400 g/mol. The van der Waals surface area contributed by atoms with E-state index in [4.69, 9.17) is 11.6 Å². The molecule has 0 fully saturated rings. The number of hydrogen-bond acceptors (Lipinski definition) is 3. The lowest BCUT2D eigenvalue weighted by atomic mass is 10.1. The number of sulfonamides is 1. The highest BCUT2D eigenvalue weighted by atomic mass is 35.5. The van der Waals surface area contributed by atoms with Crippen molar-refractivity contribution in [3.05, 3.63) is 88.9 Å². The van der Waals surface area contributed by atoms with Gasteiger partial charge in [0.1, 0.15) is 0 Å². The Hall–Kier alpha value is -2.83. The highest BCUT2D eigenvalue weighted by Crippen LogP contribution is 2.22. The van der Waals surface area contributed by atoms with Crippen LogP contribution in [0.5, 0.6) is 0 Å². The van der Waals surface area contributed by atoms with Gasteiger partial charge in [0.25, 0.3) is 15.9 Å². The zero-order valence-corrected chi connectivity index (χ0v) is 16.0. The molecule has 0 bridgehead atoms. The summed E-state index contributed by atoms with van der Waals surface area (Å²) in [6.45, 7) is 1.92. The number of halogens is 1. The predicted molar refractivity (Wildman–Crippen MR) is 108 cm³/mol. The summed E-state index contributed by atoms with van der Waals surface area (Å²) < 4.78 is 27.7. The molecule has 0 spiro atoms. The van der Waals surface area contributed by atoms with Crippen molar-refractivity contribution < 1.29 is 13.2 Å². The minimum absolute atomic E-state index is 0.0563. The van der Waals surface area contributed by atoms with Gasteiger partial charge in [-0.2, -0.15) is 0 Å². The zero-order chi connectivity index (χ0) is 19.4. The molecule has 0 saturated carbocycles. The van der Waals surface area contributed by atoms with Gasteiger partial charge in [0.05, 0.1) is 16.1 Å². The molecule has 0 aliphatic heterocycles. The molecule has 7 heteroatoms. The van der Waals surface area contributed by atoms with Crippen LogP contribution in [0.1, 0.15) is 15.9 Å². The molecular weight excluding hydrogens is 384 g/mol. The second kappa shape index (κ2) is 7.82. The summed E-state index contributed by atoms with van der Waals surface area (Å²) in [5.41, 5.74) is 2.05. The molecule has 27 heavy (non-hydrogen) atoms. The smallest absolute Gasteiger partial charge is 0.261 e. The van der Waals surface area contributed by atoms with Crippen LogP contribution in [0.3, 0.4) is 0 Å². The Kier molecular flexibility index (Phi) is 5.48. The molecule has 0 atom stereocenters. The van der Waals surface area contributed by atoms with Crippen LogP contribution in [0.15, 0.2) is 77.7 Å². The molecule has 0 radical (unpaired) electrons. The summed E-state index contributed by atoms with van der Waals surface area (Å²) in [5.74, 6) is -0.407. The SMILES string of the molecule is Cc1cccc(NC(=O)c2ccccc2NS(=O)(=O)c2ccc(Cl)cc2)c1. The summed E-state index contributed by atoms with van der Waals surface area (Å²) in [6, 6.07) is 19.6. The van der Waals surface area contributed by atoms with Gasteiger partial charge in [-0.05, 0) is 61.0 Å². The number of para-hydroxylation sites is 1. The molecule has 5 nitrogen and oxygen atoms in total. The van der Waals surface area contributed by atoms with Crippen LogP contribution in [-0.2, 0) is 10.0 Å². The van der Waals surface area contributed by atoms with E-state index in [1.54, 1.807) is 30.3 Å². The Balaban J connectivity index is 1.87. The Morgan fingerprint density at radius 1 is 0.926 bits per heavy atom. The van der Waals surface area contributed by atoms with Crippen molar-refractivity contribution in [1.29, 1.82) is 0 Å². The molecule has 0 heterocycles. The van der Waals surface area contributed by atoms with E-state index in [2.05, 4.69) is 10.0 Å². The molecule has 1 amide bonds. The number of hydrogen-bond donors (Lipinski definition) is 2. The summed E-state index contributed by atoms with van der Waals surface area (Å²) in [5, 5.41) is 3.22. The Bertz CT molecular complexity index is 1080. The van der Waals surface area contributed by atoms with E-state index in [-0.39, 0.29) is 16.1 Å². The van der Waals surface area contributed by atoms with Crippen molar-refractivity contribution in [2.45, 2.75) is 11.8 Å². The first-order valence-corrected chi connectivity index (χ1v) is 9.97. The summed E-state index contributed by atoms with van der Waals surface area (Å²) in [6.07, 6.45) is 0. The van der Waals surface area contributed by atoms with E-state index in [9.17, 15) is 13.2 Å². The van der Waals surface area contributed by atoms with E-state index in [1.165, 1.54) is 24.3 Å². The van der Waals surface area contributed by atoms with Crippen LogP contribution in [0.25, 0.3) is 0 Å². The van der Waals surface area contributed by atoms with Gasteiger partial charge in [0.2, 0.25) is 0 Å². The minimum Gasteiger partial charge on any atom is -0.322 e. The lowest BCUT2D eigenvalue weighted by Gasteiger charge is -2.13. The fraction of sp³-hybridized carbons (Fsp3) is 0.0500. The average Bonchev–Trinajstić information content (AvgIpc) is 2.62. The van der Waals surface area contributed by atoms with E-state index >= 15 is 0 Å². The topological polar surface area (TPSA) is 75.3 Å². The Morgan fingerprint density at radius 2 is 1.63 bits per heavy atom. The fourth-order valence-electron chi connectivity index (χ4n) is 2.51. The molecule has 0 unspecified atom stereocenters. The summed E-state index contributed by atoms with van der Waals surface area (Å²) in [7, 11) is -3.85. The highest BCUT2D eigenvalue weighted by Gasteiger charge is 2.18. The van der Waals surface area contributed by atoms with Crippen LogP contribution < -0.4 is 10.0 Å². The normalized spacial score (nSPS) is 11.0. The minimum atomic E-state index is -3.85. The maximum atomic E-state index is 12.6. The average molecular weight is 401 g/mol. The first-order valence-electron chi connectivity index (χ1n) is 8.10. The van der Waals surface area contributed by atoms with Crippen molar-refractivity contribution in [2.75, 3.05) is 10.0 Å². The molecule has 3 rings (SSSR count).